The maximum Gasteiger partial charge on any atom is 0.422 e. The fraction of sp³-hybridized carbons (Fsp3) is 0.0667. The van der Waals surface area contributed by atoms with Crippen molar-refractivity contribution in [1.29, 1.82) is 0 Å². The van der Waals surface area contributed by atoms with Crippen LogP contribution in [0.3, 0.4) is 0 Å². The first kappa shape index (κ1) is 32.7. The second-order valence-electron chi connectivity index (χ2n) is 8.98. The molecule has 0 spiro atoms. The molecule has 0 unspecified atom stereocenters. The minimum Gasteiger partial charge on any atom is -0.321 e. The highest BCUT2D eigenvalue weighted by molar-refractivity contribution is 8.00. The van der Waals surface area contributed by atoms with Gasteiger partial charge in [-0.05, 0) is 54.1 Å². The Bertz CT molecular complexity index is 1720. The molecule has 0 fully saturated rings. The van der Waals surface area contributed by atoms with Crippen LogP contribution in [0.5, 0.6) is 0 Å². The van der Waals surface area contributed by atoms with E-state index in [1.54, 1.807) is 47.8 Å². The Hall–Kier alpha value is -5.18. The van der Waals surface area contributed by atoms with Crippen molar-refractivity contribution in [2.45, 2.75) is 11.1 Å². The lowest BCUT2D eigenvalue weighted by atomic mass is 10.1. The Kier molecular flexibility index (Phi) is 10.2. The lowest BCUT2D eigenvalue weighted by Gasteiger charge is -2.14. The smallest absolute Gasteiger partial charge is 0.321 e. The van der Waals surface area contributed by atoms with Gasteiger partial charge in [0.2, 0.25) is 5.91 Å². The Labute approximate surface area is 254 Å². The second kappa shape index (κ2) is 14.1. The molecule has 3 aromatic carbocycles. The van der Waals surface area contributed by atoms with Crippen molar-refractivity contribution in [3.8, 4) is 0 Å². The number of rotatable bonds is 9. The number of hydrogen-bond donors (Lipinski definition) is 3. The quantitative estimate of drug-likeness (QED) is 0.0803. The van der Waals surface area contributed by atoms with Crippen molar-refractivity contribution < 1.29 is 45.1 Å². The molecule has 0 saturated heterocycles. The van der Waals surface area contributed by atoms with Gasteiger partial charge in [-0.1, -0.05) is 24.3 Å². The first-order valence-corrected chi connectivity index (χ1v) is 13.6. The molecule has 0 aliphatic heterocycles. The molecule has 0 aliphatic rings. The van der Waals surface area contributed by atoms with Gasteiger partial charge in [-0.25, -0.2) is 17.6 Å². The van der Waals surface area contributed by atoms with E-state index >= 15 is 0 Å². The zero-order valence-corrected chi connectivity index (χ0v) is 23.3. The highest BCUT2D eigenvalue weighted by atomic mass is 32.2. The monoisotopic (exact) mass is 648 g/mol. The normalized spacial score (nSPS) is 11.6. The van der Waals surface area contributed by atoms with Crippen molar-refractivity contribution in [2.24, 2.45) is 0 Å². The lowest BCUT2D eigenvalue weighted by molar-refractivity contribution is -0.143. The molecule has 45 heavy (non-hydrogen) atoms. The summed E-state index contributed by atoms with van der Waals surface area (Å²) < 4.78 is 94.1. The molecule has 1 aromatic heterocycles. The van der Waals surface area contributed by atoms with E-state index in [2.05, 4.69) is 15.6 Å². The van der Waals surface area contributed by atoms with Crippen LogP contribution in [-0.2, 0) is 15.8 Å². The molecule has 0 bridgehead atoms. The summed E-state index contributed by atoms with van der Waals surface area (Å²) in [5.74, 6) is -13.1. The summed E-state index contributed by atoms with van der Waals surface area (Å²) in [6.07, 6.45) is -1.27. The average molecular weight is 649 g/mol. The summed E-state index contributed by atoms with van der Waals surface area (Å²) in [5, 5.41) is 6.73. The number of carbonyl (C=O) groups is 3. The maximum absolute atomic E-state index is 14.1. The van der Waals surface area contributed by atoms with Crippen LogP contribution in [0.15, 0.2) is 89.7 Å². The third kappa shape index (κ3) is 8.26. The Morgan fingerprint density at radius 1 is 0.800 bits per heavy atom. The fourth-order valence-electron chi connectivity index (χ4n) is 3.72. The second-order valence-corrected chi connectivity index (χ2v) is 10.0. The van der Waals surface area contributed by atoms with E-state index in [9.17, 15) is 45.1 Å². The highest BCUT2D eigenvalue weighted by Crippen LogP contribution is 2.38. The first-order chi connectivity index (χ1) is 21.3. The number of nitrogens with zero attached hydrogens (tertiary/aromatic N) is 1. The van der Waals surface area contributed by atoms with E-state index in [0.717, 1.165) is 11.8 Å². The number of nitrogens with one attached hydrogen (secondary N) is 3. The van der Waals surface area contributed by atoms with Crippen molar-refractivity contribution in [1.82, 2.24) is 10.3 Å². The molecule has 0 aliphatic carbocycles. The zero-order valence-electron chi connectivity index (χ0n) is 22.5. The number of anilines is 2. The molecule has 4 rings (SSSR count). The summed E-state index contributed by atoms with van der Waals surface area (Å²) in [7, 11) is 0. The van der Waals surface area contributed by atoms with Crippen molar-refractivity contribution >= 4 is 46.9 Å². The number of thioether (sulfide) groups is 1. The van der Waals surface area contributed by atoms with E-state index in [4.69, 9.17) is 0 Å². The molecule has 3 N–H and O–H groups in total. The van der Waals surface area contributed by atoms with E-state index in [0.29, 0.717) is 16.0 Å². The van der Waals surface area contributed by atoms with Crippen LogP contribution in [0.25, 0.3) is 6.08 Å². The van der Waals surface area contributed by atoms with Crippen molar-refractivity contribution in [3.05, 3.63) is 125 Å². The predicted octanol–water partition coefficient (Wildman–Crippen LogP) is 6.80. The summed E-state index contributed by atoms with van der Waals surface area (Å²) in [6.45, 7) is 0. The molecule has 0 radical (unpaired) electrons. The van der Waals surface area contributed by atoms with Gasteiger partial charge in [0.15, 0.2) is 23.3 Å². The molecule has 0 atom stereocenters. The molecular weight excluding hydrogens is 629 g/mol. The van der Waals surface area contributed by atoms with Crippen LogP contribution in [0.1, 0.15) is 21.5 Å². The van der Waals surface area contributed by atoms with E-state index in [1.165, 1.54) is 42.7 Å². The highest BCUT2D eigenvalue weighted by Gasteiger charge is 2.42. The minimum atomic E-state index is -5.72. The summed E-state index contributed by atoms with van der Waals surface area (Å²) >= 11 is 0.805. The molecule has 1 heterocycles. The number of benzene rings is 3. The Morgan fingerprint density at radius 3 is 2.02 bits per heavy atom. The van der Waals surface area contributed by atoms with Crippen LogP contribution in [0.2, 0.25) is 0 Å². The summed E-state index contributed by atoms with van der Waals surface area (Å²) in [6, 6.07) is 17.3. The SMILES string of the molecule is O=C(CSc1ccc(NC(=O)/C(=C/c2cccnc2)NC(=O)c2ccccc2)cc1)Nc1c(F)c(F)c(C(F)(F)F)c(F)c1F. The van der Waals surface area contributed by atoms with E-state index in [-0.39, 0.29) is 11.4 Å². The van der Waals surface area contributed by atoms with Gasteiger partial charge >= 0.3 is 6.18 Å². The third-order valence-electron chi connectivity index (χ3n) is 5.82. The number of hydrogen-bond acceptors (Lipinski definition) is 5. The van der Waals surface area contributed by atoms with Crippen molar-refractivity contribution in [2.75, 3.05) is 16.4 Å². The van der Waals surface area contributed by atoms with Gasteiger partial charge in [0.05, 0.1) is 5.75 Å². The summed E-state index contributed by atoms with van der Waals surface area (Å²) in [4.78, 5) is 42.4. The van der Waals surface area contributed by atoms with Gasteiger partial charge in [-0.15, -0.1) is 11.8 Å². The van der Waals surface area contributed by atoms with Gasteiger partial charge in [0.25, 0.3) is 11.8 Å². The number of aromatic nitrogens is 1. The predicted molar refractivity (Wildman–Crippen MR) is 152 cm³/mol. The largest absolute Gasteiger partial charge is 0.422 e. The molecule has 3 amide bonds. The molecule has 7 nitrogen and oxygen atoms in total. The summed E-state index contributed by atoms with van der Waals surface area (Å²) in [5.41, 5.74) is -3.43. The van der Waals surface area contributed by atoms with E-state index < -0.39 is 64.2 Å². The first-order valence-electron chi connectivity index (χ1n) is 12.6. The number of pyridine rings is 1. The van der Waals surface area contributed by atoms with Crippen LogP contribution in [0, 0.1) is 23.3 Å². The van der Waals surface area contributed by atoms with E-state index in [1.807, 2.05) is 0 Å². The van der Waals surface area contributed by atoms with Gasteiger partial charge in [0.1, 0.15) is 16.9 Å². The maximum atomic E-state index is 14.1. The van der Waals surface area contributed by atoms with Gasteiger partial charge < -0.3 is 16.0 Å². The van der Waals surface area contributed by atoms with Crippen LogP contribution in [-0.4, -0.2) is 28.5 Å². The van der Waals surface area contributed by atoms with Gasteiger partial charge in [0, 0.05) is 28.5 Å². The minimum absolute atomic E-state index is 0.0948. The number of carbonyl (C=O) groups excluding carboxylic acids is 3. The molecule has 4 aromatic rings. The molecule has 15 heteroatoms. The van der Waals surface area contributed by atoms with Crippen LogP contribution in [0.4, 0.5) is 42.1 Å². The Morgan fingerprint density at radius 2 is 1.44 bits per heavy atom. The Balaban J connectivity index is 1.41. The van der Waals surface area contributed by atoms with Gasteiger partial charge in [-0.3, -0.25) is 19.4 Å². The molecule has 232 valence electrons. The average Bonchev–Trinajstić information content (AvgIpc) is 3.01. The van der Waals surface area contributed by atoms with Gasteiger partial charge in [-0.2, -0.15) is 13.2 Å². The topological polar surface area (TPSA) is 100 Å². The number of alkyl halides is 3. The molecular formula is C30H19F7N4O3S. The van der Waals surface area contributed by atoms with Crippen LogP contribution >= 0.6 is 11.8 Å². The zero-order chi connectivity index (χ0) is 32.7. The molecule has 0 saturated carbocycles. The number of amides is 3. The van der Waals surface area contributed by atoms with Crippen molar-refractivity contribution in [3.63, 3.8) is 0 Å². The fourth-order valence-corrected chi connectivity index (χ4v) is 4.42. The van der Waals surface area contributed by atoms with Crippen LogP contribution < -0.4 is 16.0 Å². The third-order valence-corrected chi connectivity index (χ3v) is 6.83. The standard InChI is InChI=1S/C30H19F7N4O3S/c31-23-22(30(35,36)37)24(32)26(34)27(25(23)33)41-21(42)15-45-19-10-8-18(9-11-19)39-29(44)20(13-16-5-4-12-38-14-16)40-28(43)17-6-2-1-3-7-17/h1-14H,15H2,(H,39,44)(H,40,43)(H,41,42)/b20-13-. The lowest BCUT2D eigenvalue weighted by Crippen LogP contribution is -2.30. The number of halogens is 7.